The minimum absolute atomic E-state index is 0.0453. The van der Waals surface area contributed by atoms with Crippen molar-refractivity contribution in [1.29, 1.82) is 0 Å². The molecule has 0 spiro atoms. The van der Waals surface area contributed by atoms with Gasteiger partial charge < -0.3 is 33.9 Å². The SMILES string of the molecule is COc1cc(C(OC(C)=O)[C@@H]2COC[C@H]2C(OC(C)=O)c2ccc(O)c(OC)c2)ccc1O. The molecule has 3 rings (SSSR count). The molecule has 2 aromatic rings. The van der Waals surface area contributed by atoms with Gasteiger partial charge in [0, 0.05) is 25.7 Å². The molecule has 2 aromatic carbocycles. The first-order chi connectivity index (χ1) is 15.7. The van der Waals surface area contributed by atoms with Crippen LogP contribution in [0.3, 0.4) is 0 Å². The first-order valence-corrected chi connectivity index (χ1v) is 10.4. The molecule has 0 bridgehead atoms. The van der Waals surface area contributed by atoms with E-state index in [9.17, 15) is 19.8 Å². The van der Waals surface area contributed by atoms with Crippen LogP contribution in [0.4, 0.5) is 0 Å². The van der Waals surface area contributed by atoms with Crippen LogP contribution in [0.5, 0.6) is 23.0 Å². The Labute approximate surface area is 191 Å². The van der Waals surface area contributed by atoms with E-state index in [1.807, 2.05) is 0 Å². The summed E-state index contributed by atoms with van der Waals surface area (Å²) >= 11 is 0. The Morgan fingerprint density at radius 3 is 1.55 bits per heavy atom. The van der Waals surface area contributed by atoms with E-state index in [0.717, 1.165) is 0 Å². The molecule has 0 amide bonds. The summed E-state index contributed by atoms with van der Waals surface area (Å²) in [6.07, 6.45) is -1.50. The van der Waals surface area contributed by atoms with Gasteiger partial charge in [0.1, 0.15) is 12.2 Å². The monoisotopic (exact) mass is 460 g/mol. The molecule has 4 atom stereocenters. The summed E-state index contributed by atoms with van der Waals surface area (Å²) in [6.45, 7) is 3.12. The van der Waals surface area contributed by atoms with Gasteiger partial charge in [-0.3, -0.25) is 9.59 Å². The molecule has 178 valence electrons. The number of carbonyl (C=O) groups excluding carboxylic acids is 2. The number of rotatable bonds is 8. The zero-order chi connectivity index (χ0) is 24.1. The summed E-state index contributed by atoms with van der Waals surface area (Å²) in [6, 6.07) is 9.41. The number of phenols is 2. The number of ether oxygens (including phenoxy) is 5. The molecular formula is C24H28O9. The molecule has 2 unspecified atom stereocenters. The smallest absolute Gasteiger partial charge is 0.303 e. The Morgan fingerprint density at radius 2 is 1.21 bits per heavy atom. The highest BCUT2D eigenvalue weighted by Crippen LogP contribution is 2.45. The van der Waals surface area contributed by atoms with Gasteiger partial charge in [0.15, 0.2) is 23.0 Å². The van der Waals surface area contributed by atoms with E-state index in [-0.39, 0.29) is 48.0 Å². The van der Waals surface area contributed by atoms with Crippen molar-refractivity contribution in [1.82, 2.24) is 0 Å². The van der Waals surface area contributed by atoms with Gasteiger partial charge in [-0.05, 0) is 35.4 Å². The third-order valence-corrected chi connectivity index (χ3v) is 5.60. The second kappa shape index (κ2) is 10.4. The summed E-state index contributed by atoms with van der Waals surface area (Å²) in [4.78, 5) is 24.0. The Hall–Kier alpha value is -3.46. The minimum Gasteiger partial charge on any atom is -0.504 e. The molecule has 1 heterocycles. The topological polar surface area (TPSA) is 121 Å². The van der Waals surface area contributed by atoms with Gasteiger partial charge in [-0.15, -0.1) is 0 Å². The number of carbonyl (C=O) groups is 2. The van der Waals surface area contributed by atoms with Crippen LogP contribution in [0, 0.1) is 11.8 Å². The Balaban J connectivity index is 2.03. The molecule has 0 aliphatic carbocycles. The first kappa shape index (κ1) is 24.2. The van der Waals surface area contributed by atoms with Crippen molar-refractivity contribution in [3.8, 4) is 23.0 Å². The Kier molecular flexibility index (Phi) is 7.65. The van der Waals surface area contributed by atoms with E-state index in [1.54, 1.807) is 24.3 Å². The van der Waals surface area contributed by atoms with Crippen LogP contribution in [0.25, 0.3) is 0 Å². The lowest BCUT2D eigenvalue weighted by Crippen LogP contribution is -2.30. The number of phenolic OH excluding ortho intramolecular Hbond substituents is 2. The van der Waals surface area contributed by atoms with Crippen molar-refractivity contribution in [2.24, 2.45) is 11.8 Å². The maximum atomic E-state index is 12.0. The molecule has 0 saturated carbocycles. The number of methoxy groups -OCH3 is 2. The van der Waals surface area contributed by atoms with E-state index < -0.39 is 24.1 Å². The van der Waals surface area contributed by atoms with Gasteiger partial charge >= 0.3 is 11.9 Å². The van der Waals surface area contributed by atoms with Crippen LogP contribution in [0.1, 0.15) is 37.2 Å². The zero-order valence-electron chi connectivity index (χ0n) is 18.9. The summed E-state index contributed by atoms with van der Waals surface area (Å²) in [7, 11) is 2.85. The van der Waals surface area contributed by atoms with Crippen molar-refractivity contribution in [2.45, 2.75) is 26.1 Å². The summed E-state index contributed by atoms with van der Waals surface area (Å²) in [5, 5.41) is 20.0. The maximum Gasteiger partial charge on any atom is 0.303 e. The lowest BCUT2D eigenvalue weighted by atomic mass is 9.81. The van der Waals surface area contributed by atoms with Crippen LogP contribution >= 0.6 is 0 Å². The van der Waals surface area contributed by atoms with E-state index >= 15 is 0 Å². The van der Waals surface area contributed by atoms with Gasteiger partial charge in [0.05, 0.1) is 27.4 Å². The van der Waals surface area contributed by atoms with E-state index in [0.29, 0.717) is 11.1 Å². The molecule has 0 aromatic heterocycles. The number of hydrogen-bond acceptors (Lipinski definition) is 9. The quantitative estimate of drug-likeness (QED) is 0.572. The fraction of sp³-hybridized carbons (Fsp3) is 0.417. The van der Waals surface area contributed by atoms with Crippen LogP contribution < -0.4 is 9.47 Å². The van der Waals surface area contributed by atoms with Crippen molar-refractivity contribution in [3.05, 3.63) is 47.5 Å². The van der Waals surface area contributed by atoms with Gasteiger partial charge in [-0.25, -0.2) is 0 Å². The maximum absolute atomic E-state index is 12.0. The highest BCUT2D eigenvalue weighted by Gasteiger charge is 2.44. The van der Waals surface area contributed by atoms with Crippen molar-refractivity contribution in [2.75, 3.05) is 27.4 Å². The van der Waals surface area contributed by atoms with Gasteiger partial charge in [-0.2, -0.15) is 0 Å². The van der Waals surface area contributed by atoms with Crippen LogP contribution in [0.2, 0.25) is 0 Å². The fourth-order valence-corrected chi connectivity index (χ4v) is 4.12. The zero-order valence-corrected chi connectivity index (χ0v) is 18.9. The van der Waals surface area contributed by atoms with Crippen LogP contribution in [-0.4, -0.2) is 49.6 Å². The summed E-state index contributed by atoms with van der Waals surface area (Å²) < 4.78 is 27.5. The van der Waals surface area contributed by atoms with Crippen molar-refractivity contribution >= 4 is 11.9 Å². The number of aromatic hydroxyl groups is 2. The molecule has 1 fully saturated rings. The predicted octanol–water partition coefficient (Wildman–Crippen LogP) is 3.29. The average Bonchev–Trinajstić information content (AvgIpc) is 3.26. The minimum atomic E-state index is -0.749. The largest absolute Gasteiger partial charge is 0.504 e. The highest BCUT2D eigenvalue weighted by molar-refractivity contribution is 5.67. The molecule has 1 saturated heterocycles. The molecule has 9 heteroatoms. The lowest BCUT2D eigenvalue weighted by Gasteiger charge is -2.32. The molecule has 33 heavy (non-hydrogen) atoms. The Bertz CT molecular complexity index is 924. The normalized spacial score (nSPS) is 19.4. The summed E-state index contributed by atoms with van der Waals surface area (Å²) in [5.74, 6) is -1.37. The third-order valence-electron chi connectivity index (χ3n) is 5.60. The van der Waals surface area contributed by atoms with Gasteiger partial charge in [0.2, 0.25) is 0 Å². The fourth-order valence-electron chi connectivity index (χ4n) is 4.12. The molecule has 9 nitrogen and oxygen atoms in total. The standard InChI is InChI=1S/C24H28O9/c1-13(25)32-23(15-5-7-19(27)21(9-15)29-3)17-11-31-12-18(17)24(33-14(2)26)16-6-8-20(28)22(10-16)30-4/h5-10,17-18,23-24,27-28H,11-12H2,1-4H3/t17-,18-,23?,24?/m1/s1. The highest BCUT2D eigenvalue weighted by atomic mass is 16.6. The van der Waals surface area contributed by atoms with Crippen molar-refractivity contribution < 1.29 is 43.5 Å². The van der Waals surface area contributed by atoms with Crippen LogP contribution in [0.15, 0.2) is 36.4 Å². The molecule has 1 aliphatic rings. The van der Waals surface area contributed by atoms with E-state index in [4.69, 9.17) is 23.7 Å². The lowest BCUT2D eigenvalue weighted by molar-refractivity contribution is -0.157. The van der Waals surface area contributed by atoms with Gasteiger partial charge in [-0.1, -0.05) is 12.1 Å². The Morgan fingerprint density at radius 1 is 0.818 bits per heavy atom. The van der Waals surface area contributed by atoms with Crippen molar-refractivity contribution in [3.63, 3.8) is 0 Å². The number of benzene rings is 2. The molecular weight excluding hydrogens is 432 g/mol. The summed E-state index contributed by atoms with van der Waals surface area (Å²) in [5.41, 5.74) is 1.20. The molecule has 0 radical (unpaired) electrons. The van der Waals surface area contributed by atoms with Crippen LogP contribution in [-0.2, 0) is 23.8 Å². The van der Waals surface area contributed by atoms with E-state index in [1.165, 1.54) is 40.2 Å². The second-order valence-corrected chi connectivity index (χ2v) is 7.79. The number of esters is 2. The molecule has 2 N–H and O–H groups in total. The average molecular weight is 460 g/mol. The predicted molar refractivity (Wildman–Crippen MR) is 116 cm³/mol. The van der Waals surface area contributed by atoms with E-state index in [2.05, 4.69) is 0 Å². The second-order valence-electron chi connectivity index (χ2n) is 7.79. The van der Waals surface area contributed by atoms with Gasteiger partial charge in [0.25, 0.3) is 0 Å². The first-order valence-electron chi connectivity index (χ1n) is 10.4. The third kappa shape index (κ3) is 5.48. The number of hydrogen-bond donors (Lipinski definition) is 2. The molecule has 1 aliphatic heterocycles.